The number of carbonyl (C=O) groups is 1. The van der Waals surface area contributed by atoms with Gasteiger partial charge in [-0.05, 0) is 54.8 Å². The highest BCUT2D eigenvalue weighted by Gasteiger charge is 2.04. The molecule has 2 aromatic carbocycles. The summed E-state index contributed by atoms with van der Waals surface area (Å²) in [6.07, 6.45) is 1.78. The molecule has 4 heteroatoms. The lowest BCUT2D eigenvalue weighted by Crippen LogP contribution is -2.24. The van der Waals surface area contributed by atoms with Crippen molar-refractivity contribution in [2.24, 2.45) is 0 Å². The summed E-state index contributed by atoms with van der Waals surface area (Å²) in [5.41, 5.74) is 1.83. The standard InChI is InChI=1S/C17H18ClNO2/c1-21-16-6-2-4-13(12-16)5-3-11-19-17(20)14-7-9-15(18)10-8-14/h2,4,6-10,12H,3,5,11H2,1H3,(H,19,20). The summed E-state index contributed by atoms with van der Waals surface area (Å²) in [4.78, 5) is 11.9. The van der Waals surface area contributed by atoms with Crippen LogP contribution in [-0.4, -0.2) is 19.6 Å². The van der Waals surface area contributed by atoms with Crippen molar-refractivity contribution in [3.8, 4) is 5.75 Å². The molecule has 0 aliphatic rings. The maximum absolute atomic E-state index is 11.9. The van der Waals surface area contributed by atoms with Gasteiger partial charge in [0.2, 0.25) is 0 Å². The fraction of sp³-hybridized carbons (Fsp3) is 0.235. The van der Waals surface area contributed by atoms with E-state index >= 15 is 0 Å². The first-order valence-corrected chi connectivity index (χ1v) is 7.23. The molecule has 0 heterocycles. The minimum Gasteiger partial charge on any atom is -0.497 e. The van der Waals surface area contributed by atoms with E-state index in [9.17, 15) is 4.79 Å². The first-order valence-electron chi connectivity index (χ1n) is 6.86. The van der Waals surface area contributed by atoms with E-state index in [4.69, 9.17) is 16.3 Å². The van der Waals surface area contributed by atoms with E-state index in [1.807, 2.05) is 18.2 Å². The fourth-order valence-electron chi connectivity index (χ4n) is 2.03. The highest BCUT2D eigenvalue weighted by Crippen LogP contribution is 2.13. The summed E-state index contributed by atoms with van der Waals surface area (Å²) in [6, 6.07) is 14.8. The molecule has 0 saturated carbocycles. The number of rotatable bonds is 6. The molecule has 0 saturated heterocycles. The molecule has 1 amide bonds. The van der Waals surface area contributed by atoms with Gasteiger partial charge in [0.1, 0.15) is 5.75 Å². The third kappa shape index (κ3) is 4.80. The van der Waals surface area contributed by atoms with E-state index in [1.165, 1.54) is 5.56 Å². The van der Waals surface area contributed by atoms with Crippen molar-refractivity contribution in [1.29, 1.82) is 0 Å². The Morgan fingerprint density at radius 1 is 1.19 bits per heavy atom. The first-order chi connectivity index (χ1) is 10.2. The monoisotopic (exact) mass is 303 g/mol. The second-order valence-electron chi connectivity index (χ2n) is 4.72. The van der Waals surface area contributed by atoms with Crippen molar-refractivity contribution >= 4 is 17.5 Å². The van der Waals surface area contributed by atoms with Gasteiger partial charge in [0.15, 0.2) is 0 Å². The van der Waals surface area contributed by atoms with Crippen molar-refractivity contribution in [3.05, 3.63) is 64.7 Å². The lowest BCUT2D eigenvalue weighted by Gasteiger charge is -2.06. The number of benzene rings is 2. The second kappa shape index (κ2) is 7.70. The average molecular weight is 304 g/mol. The predicted molar refractivity (Wildman–Crippen MR) is 85.1 cm³/mol. The van der Waals surface area contributed by atoms with Crippen LogP contribution in [0.5, 0.6) is 5.75 Å². The Balaban J connectivity index is 1.76. The molecule has 21 heavy (non-hydrogen) atoms. The summed E-state index contributed by atoms with van der Waals surface area (Å²) >= 11 is 5.79. The Morgan fingerprint density at radius 3 is 2.67 bits per heavy atom. The number of nitrogens with one attached hydrogen (secondary N) is 1. The second-order valence-corrected chi connectivity index (χ2v) is 5.15. The molecule has 2 rings (SSSR count). The van der Waals surface area contributed by atoms with Gasteiger partial charge >= 0.3 is 0 Å². The molecular weight excluding hydrogens is 286 g/mol. The summed E-state index contributed by atoms with van der Waals surface area (Å²) in [5, 5.41) is 3.53. The number of methoxy groups -OCH3 is 1. The molecule has 0 aliphatic carbocycles. The molecular formula is C17H18ClNO2. The smallest absolute Gasteiger partial charge is 0.251 e. The van der Waals surface area contributed by atoms with Gasteiger partial charge in [-0.1, -0.05) is 23.7 Å². The van der Waals surface area contributed by atoms with Gasteiger partial charge in [-0.2, -0.15) is 0 Å². The van der Waals surface area contributed by atoms with Crippen LogP contribution in [0.3, 0.4) is 0 Å². The van der Waals surface area contributed by atoms with E-state index in [2.05, 4.69) is 11.4 Å². The SMILES string of the molecule is COc1cccc(CCCNC(=O)c2ccc(Cl)cc2)c1. The number of ether oxygens (including phenoxy) is 1. The van der Waals surface area contributed by atoms with Crippen LogP contribution >= 0.6 is 11.6 Å². The number of aryl methyl sites for hydroxylation is 1. The van der Waals surface area contributed by atoms with Gasteiger partial charge in [-0.25, -0.2) is 0 Å². The summed E-state index contributed by atoms with van der Waals surface area (Å²) in [6.45, 7) is 0.638. The quantitative estimate of drug-likeness (QED) is 0.826. The number of halogens is 1. The highest BCUT2D eigenvalue weighted by molar-refractivity contribution is 6.30. The molecule has 0 aromatic heterocycles. The van der Waals surface area contributed by atoms with Crippen molar-refractivity contribution in [1.82, 2.24) is 5.32 Å². The number of carbonyl (C=O) groups excluding carboxylic acids is 1. The third-order valence-corrected chi connectivity index (χ3v) is 3.42. The van der Waals surface area contributed by atoms with Crippen LogP contribution < -0.4 is 10.1 Å². The van der Waals surface area contributed by atoms with E-state index in [0.717, 1.165) is 18.6 Å². The van der Waals surface area contributed by atoms with Crippen LogP contribution in [0.15, 0.2) is 48.5 Å². The van der Waals surface area contributed by atoms with Gasteiger partial charge in [-0.3, -0.25) is 4.79 Å². The Kier molecular flexibility index (Phi) is 5.64. The van der Waals surface area contributed by atoms with E-state index in [1.54, 1.807) is 31.4 Å². The van der Waals surface area contributed by atoms with Crippen molar-refractivity contribution < 1.29 is 9.53 Å². The molecule has 1 N–H and O–H groups in total. The van der Waals surface area contributed by atoms with E-state index in [0.29, 0.717) is 17.1 Å². The Morgan fingerprint density at radius 2 is 1.95 bits per heavy atom. The lowest BCUT2D eigenvalue weighted by atomic mass is 10.1. The van der Waals surface area contributed by atoms with Crippen LogP contribution in [-0.2, 0) is 6.42 Å². The molecule has 0 aliphatic heterocycles. The normalized spacial score (nSPS) is 10.2. The summed E-state index contributed by atoms with van der Waals surface area (Å²) < 4.78 is 5.19. The first kappa shape index (κ1) is 15.4. The maximum Gasteiger partial charge on any atom is 0.251 e. The Hall–Kier alpha value is -2.00. The van der Waals surface area contributed by atoms with Gasteiger partial charge in [-0.15, -0.1) is 0 Å². The van der Waals surface area contributed by atoms with Crippen molar-refractivity contribution in [2.75, 3.05) is 13.7 Å². The fourth-order valence-corrected chi connectivity index (χ4v) is 2.15. The molecule has 2 aromatic rings. The highest BCUT2D eigenvalue weighted by atomic mass is 35.5. The summed E-state index contributed by atoms with van der Waals surface area (Å²) in [5.74, 6) is 0.787. The minimum absolute atomic E-state index is 0.0719. The van der Waals surface area contributed by atoms with E-state index < -0.39 is 0 Å². The van der Waals surface area contributed by atoms with Crippen LogP contribution in [0, 0.1) is 0 Å². The average Bonchev–Trinajstić information content (AvgIpc) is 2.52. The molecule has 0 bridgehead atoms. The van der Waals surface area contributed by atoms with Crippen LogP contribution in [0.4, 0.5) is 0 Å². The van der Waals surface area contributed by atoms with E-state index in [-0.39, 0.29) is 5.91 Å². The largest absolute Gasteiger partial charge is 0.497 e. The van der Waals surface area contributed by atoms with Crippen LogP contribution in [0.2, 0.25) is 5.02 Å². The summed E-state index contributed by atoms with van der Waals surface area (Å²) in [7, 11) is 1.66. The Bertz CT molecular complexity index is 596. The van der Waals surface area contributed by atoms with Crippen LogP contribution in [0.25, 0.3) is 0 Å². The molecule has 0 spiro atoms. The van der Waals surface area contributed by atoms with Gasteiger partial charge < -0.3 is 10.1 Å². The van der Waals surface area contributed by atoms with Gasteiger partial charge in [0.05, 0.1) is 7.11 Å². The van der Waals surface area contributed by atoms with Gasteiger partial charge in [0.25, 0.3) is 5.91 Å². The zero-order valence-electron chi connectivity index (χ0n) is 11.9. The number of hydrogen-bond acceptors (Lipinski definition) is 2. The number of hydrogen-bond donors (Lipinski definition) is 1. The maximum atomic E-state index is 11.9. The van der Waals surface area contributed by atoms with Crippen molar-refractivity contribution in [3.63, 3.8) is 0 Å². The van der Waals surface area contributed by atoms with Crippen molar-refractivity contribution in [2.45, 2.75) is 12.8 Å². The van der Waals surface area contributed by atoms with Crippen LogP contribution in [0.1, 0.15) is 22.3 Å². The molecule has 0 radical (unpaired) electrons. The lowest BCUT2D eigenvalue weighted by molar-refractivity contribution is 0.0953. The molecule has 3 nitrogen and oxygen atoms in total. The zero-order valence-corrected chi connectivity index (χ0v) is 12.7. The predicted octanol–water partition coefficient (Wildman–Crippen LogP) is 3.71. The Labute approximate surface area is 129 Å². The number of amides is 1. The molecule has 0 atom stereocenters. The molecule has 0 fully saturated rings. The molecule has 0 unspecified atom stereocenters. The molecule has 110 valence electrons. The minimum atomic E-state index is -0.0719. The third-order valence-electron chi connectivity index (χ3n) is 3.17. The topological polar surface area (TPSA) is 38.3 Å². The zero-order chi connectivity index (χ0) is 15.1. The van der Waals surface area contributed by atoms with Gasteiger partial charge in [0, 0.05) is 17.1 Å².